The molecule has 0 aliphatic carbocycles. The quantitative estimate of drug-likeness (QED) is 0.628. The average molecular weight is 225 g/mol. The van der Waals surface area contributed by atoms with Crippen LogP contribution in [-0.2, 0) is 4.74 Å². The Kier molecular flexibility index (Phi) is 3.36. The third-order valence-corrected chi connectivity index (χ3v) is 2.57. The zero-order valence-corrected chi connectivity index (χ0v) is 9.56. The van der Waals surface area contributed by atoms with Crippen LogP contribution in [0.3, 0.4) is 0 Å². The van der Waals surface area contributed by atoms with Gasteiger partial charge in [0.05, 0.1) is 6.10 Å². The molecule has 1 aliphatic heterocycles. The van der Waals surface area contributed by atoms with E-state index in [2.05, 4.69) is 0 Å². The van der Waals surface area contributed by atoms with Crippen LogP contribution in [0, 0.1) is 0 Å². The van der Waals surface area contributed by atoms with E-state index in [1.54, 1.807) is 6.92 Å². The minimum atomic E-state index is -4.27. The molecule has 5 heteroatoms. The van der Waals surface area contributed by atoms with Gasteiger partial charge in [0.15, 0.2) is 6.10 Å². The summed E-state index contributed by atoms with van der Waals surface area (Å²) in [4.78, 5) is 1.82. The first-order chi connectivity index (χ1) is 6.60. The van der Waals surface area contributed by atoms with E-state index in [0.717, 1.165) is 0 Å². The molecule has 2 nitrogen and oxygen atoms in total. The molecule has 2 atom stereocenters. The molecule has 0 N–H and O–H groups in total. The molecule has 1 saturated heterocycles. The van der Waals surface area contributed by atoms with E-state index < -0.39 is 12.3 Å². The van der Waals surface area contributed by atoms with Gasteiger partial charge >= 0.3 is 6.18 Å². The highest BCUT2D eigenvalue weighted by Crippen LogP contribution is 2.30. The van der Waals surface area contributed by atoms with Gasteiger partial charge in [-0.05, 0) is 27.7 Å². The van der Waals surface area contributed by atoms with E-state index in [0.29, 0.717) is 6.54 Å². The van der Waals surface area contributed by atoms with Crippen molar-refractivity contribution in [1.29, 1.82) is 0 Å². The molecule has 1 unspecified atom stereocenters. The molecule has 0 amide bonds. The maximum atomic E-state index is 12.5. The number of alkyl halides is 3. The zero-order chi connectivity index (χ0) is 11.9. The van der Waals surface area contributed by atoms with E-state index in [9.17, 15) is 13.2 Å². The van der Waals surface area contributed by atoms with Gasteiger partial charge in [-0.1, -0.05) is 0 Å². The molecule has 1 fully saturated rings. The highest BCUT2D eigenvalue weighted by Gasteiger charge is 2.46. The SMILES string of the molecule is CC1CN(C(C)(C)C)C[C@@H](C(F)(F)F)O1. The first-order valence-electron chi connectivity index (χ1n) is 5.08. The third-order valence-electron chi connectivity index (χ3n) is 2.57. The van der Waals surface area contributed by atoms with Crippen LogP contribution in [0.4, 0.5) is 13.2 Å². The monoisotopic (exact) mass is 225 g/mol. The second-order valence-corrected chi connectivity index (χ2v) is 5.05. The summed E-state index contributed by atoms with van der Waals surface area (Å²) in [5.41, 5.74) is -0.248. The molecular formula is C10H18F3NO. The standard InChI is InChI=1S/C10H18F3NO/c1-7-5-14(9(2,3)4)6-8(15-7)10(11,12)13/h7-8H,5-6H2,1-4H3/t7?,8-/m0/s1. The summed E-state index contributed by atoms with van der Waals surface area (Å²) in [6, 6.07) is 0. The highest BCUT2D eigenvalue weighted by atomic mass is 19.4. The fourth-order valence-electron chi connectivity index (χ4n) is 1.68. The lowest BCUT2D eigenvalue weighted by atomic mass is 10.0. The molecule has 15 heavy (non-hydrogen) atoms. The van der Waals surface area contributed by atoms with Crippen molar-refractivity contribution < 1.29 is 17.9 Å². The predicted octanol–water partition coefficient (Wildman–Crippen LogP) is 2.44. The van der Waals surface area contributed by atoms with Gasteiger partial charge in [-0.15, -0.1) is 0 Å². The molecule has 0 aromatic carbocycles. The molecule has 1 aliphatic rings. The van der Waals surface area contributed by atoms with Crippen molar-refractivity contribution in [2.75, 3.05) is 13.1 Å². The second kappa shape index (κ2) is 3.94. The molecule has 90 valence electrons. The fraction of sp³-hybridized carbons (Fsp3) is 1.00. The van der Waals surface area contributed by atoms with Gasteiger partial charge in [0.1, 0.15) is 0 Å². The minimum absolute atomic E-state index is 0.0721. The number of morpholine rings is 1. The van der Waals surface area contributed by atoms with Gasteiger partial charge in [-0.25, -0.2) is 0 Å². The third kappa shape index (κ3) is 3.34. The number of rotatable bonds is 0. The summed E-state index contributed by atoms with van der Waals surface area (Å²) in [5.74, 6) is 0. The predicted molar refractivity (Wildman–Crippen MR) is 51.7 cm³/mol. The van der Waals surface area contributed by atoms with Crippen LogP contribution in [0.25, 0.3) is 0 Å². The zero-order valence-electron chi connectivity index (χ0n) is 9.56. The molecule has 1 heterocycles. The molecular weight excluding hydrogens is 207 g/mol. The summed E-state index contributed by atoms with van der Waals surface area (Å²) in [5, 5.41) is 0. The Morgan fingerprint density at radius 3 is 2.07 bits per heavy atom. The van der Waals surface area contributed by atoms with Gasteiger partial charge in [-0.3, -0.25) is 4.90 Å². The van der Waals surface area contributed by atoms with Crippen molar-refractivity contribution in [2.24, 2.45) is 0 Å². The summed E-state index contributed by atoms with van der Waals surface area (Å²) in [6.07, 6.45) is -6.29. The first-order valence-corrected chi connectivity index (χ1v) is 5.08. The van der Waals surface area contributed by atoms with Gasteiger partial charge in [0.25, 0.3) is 0 Å². The minimum Gasteiger partial charge on any atom is -0.363 e. The van der Waals surface area contributed by atoms with Gasteiger partial charge in [0.2, 0.25) is 0 Å². The number of ether oxygens (including phenoxy) is 1. The van der Waals surface area contributed by atoms with Crippen LogP contribution in [0.1, 0.15) is 27.7 Å². The van der Waals surface area contributed by atoms with Crippen molar-refractivity contribution in [3.05, 3.63) is 0 Å². The summed E-state index contributed by atoms with van der Waals surface area (Å²) < 4.78 is 42.5. The van der Waals surface area contributed by atoms with E-state index in [1.807, 2.05) is 25.7 Å². The molecule has 1 rings (SSSR count). The van der Waals surface area contributed by atoms with Crippen molar-refractivity contribution >= 4 is 0 Å². The van der Waals surface area contributed by atoms with Crippen molar-refractivity contribution in [3.63, 3.8) is 0 Å². The topological polar surface area (TPSA) is 12.5 Å². The van der Waals surface area contributed by atoms with E-state index in [4.69, 9.17) is 4.74 Å². The van der Waals surface area contributed by atoms with Crippen molar-refractivity contribution in [2.45, 2.75) is 51.6 Å². The smallest absolute Gasteiger partial charge is 0.363 e. The van der Waals surface area contributed by atoms with E-state index >= 15 is 0 Å². The largest absolute Gasteiger partial charge is 0.415 e. The lowest BCUT2D eigenvalue weighted by Gasteiger charge is -2.44. The maximum absolute atomic E-state index is 12.5. The Hall–Kier alpha value is -0.290. The average Bonchev–Trinajstić information content (AvgIpc) is 1.99. The van der Waals surface area contributed by atoms with E-state index in [1.165, 1.54) is 0 Å². The van der Waals surface area contributed by atoms with Gasteiger partial charge in [-0.2, -0.15) is 13.2 Å². The molecule has 0 spiro atoms. The van der Waals surface area contributed by atoms with Crippen LogP contribution in [0.15, 0.2) is 0 Å². The van der Waals surface area contributed by atoms with Crippen molar-refractivity contribution in [3.8, 4) is 0 Å². The van der Waals surface area contributed by atoms with Gasteiger partial charge in [0, 0.05) is 18.6 Å². The summed E-state index contributed by atoms with van der Waals surface area (Å²) in [6.45, 7) is 7.90. The normalized spacial score (nSPS) is 30.6. The van der Waals surface area contributed by atoms with E-state index in [-0.39, 0.29) is 18.2 Å². The Balaban J connectivity index is 2.73. The molecule has 0 saturated carbocycles. The number of halogens is 3. The molecule has 0 bridgehead atoms. The van der Waals surface area contributed by atoms with Crippen LogP contribution >= 0.6 is 0 Å². The lowest BCUT2D eigenvalue weighted by molar-refractivity contribution is -0.256. The summed E-state index contributed by atoms with van der Waals surface area (Å²) >= 11 is 0. The van der Waals surface area contributed by atoms with Crippen molar-refractivity contribution in [1.82, 2.24) is 4.90 Å². The van der Waals surface area contributed by atoms with Crippen LogP contribution in [0.2, 0.25) is 0 Å². The molecule has 0 aromatic rings. The lowest BCUT2D eigenvalue weighted by Crippen LogP contribution is -2.57. The maximum Gasteiger partial charge on any atom is 0.415 e. The number of hydrogen-bond donors (Lipinski definition) is 0. The highest BCUT2D eigenvalue weighted by molar-refractivity contribution is 4.87. The Morgan fingerprint density at radius 2 is 1.67 bits per heavy atom. The Labute approximate surface area is 88.4 Å². The van der Waals surface area contributed by atoms with Crippen LogP contribution in [-0.4, -0.2) is 41.9 Å². The Morgan fingerprint density at radius 1 is 1.13 bits per heavy atom. The van der Waals surface area contributed by atoms with Crippen LogP contribution < -0.4 is 0 Å². The molecule has 0 radical (unpaired) electrons. The van der Waals surface area contributed by atoms with Crippen LogP contribution in [0.5, 0.6) is 0 Å². The second-order valence-electron chi connectivity index (χ2n) is 5.05. The van der Waals surface area contributed by atoms with Gasteiger partial charge < -0.3 is 4.74 Å². The number of hydrogen-bond acceptors (Lipinski definition) is 2. The Bertz CT molecular complexity index is 200. The number of nitrogens with zero attached hydrogens (tertiary/aromatic N) is 1. The fourth-order valence-corrected chi connectivity index (χ4v) is 1.68. The first kappa shape index (κ1) is 12.8. The summed E-state index contributed by atoms with van der Waals surface area (Å²) in [7, 11) is 0. The molecule has 0 aromatic heterocycles.